The fraction of sp³-hybridized carbons (Fsp3) is 0.0417. The first-order valence-electron chi connectivity index (χ1n) is 9.41. The Bertz CT molecular complexity index is 1100. The Morgan fingerprint density at radius 1 is 0.933 bits per heavy atom. The number of nitrogens with zero attached hydrogens (tertiary/aromatic N) is 3. The van der Waals surface area contributed by atoms with Gasteiger partial charge in [0.05, 0.1) is 17.7 Å². The van der Waals surface area contributed by atoms with E-state index in [9.17, 15) is 4.79 Å². The molecule has 148 valence electrons. The van der Waals surface area contributed by atoms with Crippen molar-refractivity contribution in [1.82, 2.24) is 4.90 Å². The molecule has 1 aliphatic heterocycles. The topological polar surface area (TPSA) is 58.2 Å². The van der Waals surface area contributed by atoms with Crippen LogP contribution in [0.15, 0.2) is 105 Å². The summed E-state index contributed by atoms with van der Waals surface area (Å²) in [5, 5.41) is 8.92. The van der Waals surface area contributed by atoms with E-state index in [2.05, 4.69) is 10.2 Å². The Hall–Kier alpha value is -3.64. The number of benzene rings is 2. The number of amidine groups is 1. The molecule has 0 N–H and O–H groups in total. The van der Waals surface area contributed by atoms with E-state index < -0.39 is 0 Å². The molecule has 3 aromatic rings. The number of amides is 1. The van der Waals surface area contributed by atoms with Gasteiger partial charge in [0.1, 0.15) is 5.76 Å². The predicted molar refractivity (Wildman–Crippen MR) is 123 cm³/mol. The van der Waals surface area contributed by atoms with Gasteiger partial charge in [0.2, 0.25) is 0 Å². The smallest absolute Gasteiger partial charge is 0.267 e. The fourth-order valence-corrected chi connectivity index (χ4v) is 3.76. The molecule has 1 fully saturated rings. The van der Waals surface area contributed by atoms with E-state index in [0.29, 0.717) is 22.4 Å². The first-order chi connectivity index (χ1) is 14.8. The molecule has 0 saturated carbocycles. The van der Waals surface area contributed by atoms with E-state index in [0.717, 1.165) is 11.1 Å². The van der Waals surface area contributed by atoms with Gasteiger partial charge in [0, 0.05) is 6.21 Å². The minimum atomic E-state index is -0.117. The molecule has 1 aromatic heterocycles. The molecule has 0 radical (unpaired) electrons. The maximum Gasteiger partial charge on any atom is 0.267 e. The summed E-state index contributed by atoms with van der Waals surface area (Å²) in [4.78, 5) is 15.1. The number of hydrogen-bond acceptors (Lipinski definition) is 5. The van der Waals surface area contributed by atoms with Gasteiger partial charge in [0.15, 0.2) is 5.17 Å². The summed E-state index contributed by atoms with van der Waals surface area (Å²) in [6, 6.07) is 23.3. The summed E-state index contributed by atoms with van der Waals surface area (Å²) in [5.41, 5.74) is 2.04. The van der Waals surface area contributed by atoms with E-state index in [4.69, 9.17) is 4.42 Å². The van der Waals surface area contributed by atoms with Crippen molar-refractivity contribution in [1.29, 1.82) is 0 Å². The lowest BCUT2D eigenvalue weighted by molar-refractivity contribution is -0.122. The summed E-state index contributed by atoms with van der Waals surface area (Å²) in [7, 11) is 0. The minimum Gasteiger partial charge on any atom is -0.467 e. The lowest BCUT2D eigenvalue weighted by Crippen LogP contribution is -2.28. The number of allylic oxidation sites excluding steroid dienone is 1. The van der Waals surface area contributed by atoms with Crippen LogP contribution in [-0.4, -0.2) is 22.2 Å². The molecule has 1 saturated heterocycles. The molecule has 4 rings (SSSR count). The van der Waals surface area contributed by atoms with Crippen LogP contribution in [0.3, 0.4) is 0 Å². The maximum atomic E-state index is 13.0. The third-order valence-electron chi connectivity index (χ3n) is 4.26. The van der Waals surface area contributed by atoms with Gasteiger partial charge >= 0.3 is 0 Å². The van der Waals surface area contributed by atoms with Crippen LogP contribution in [0, 0.1) is 0 Å². The van der Waals surface area contributed by atoms with Crippen molar-refractivity contribution in [3.05, 3.63) is 107 Å². The summed E-state index contributed by atoms with van der Waals surface area (Å²) < 4.78 is 5.41. The Morgan fingerprint density at radius 3 is 2.37 bits per heavy atom. The molecule has 6 heteroatoms. The van der Waals surface area contributed by atoms with Gasteiger partial charge in [0.25, 0.3) is 5.91 Å². The quantitative estimate of drug-likeness (QED) is 0.307. The predicted octanol–water partition coefficient (Wildman–Crippen LogP) is 5.45. The van der Waals surface area contributed by atoms with Crippen molar-refractivity contribution in [3.63, 3.8) is 0 Å². The van der Waals surface area contributed by atoms with Crippen molar-refractivity contribution < 1.29 is 9.21 Å². The standard InChI is InChI=1S/C24H19N3O2S/c28-23-22(17-20-11-5-2-6-12-20)30-24(27(23)18-21-14-8-16-29-21)26-25-15-7-13-19-9-3-1-4-10-19/h1-17H,18H2/b13-7+,22-17-,25-15-,26-24+. The largest absolute Gasteiger partial charge is 0.467 e. The molecule has 1 amide bonds. The first-order valence-corrected chi connectivity index (χ1v) is 10.2. The number of hydrogen-bond donors (Lipinski definition) is 0. The van der Waals surface area contributed by atoms with E-state index in [1.165, 1.54) is 11.8 Å². The van der Waals surface area contributed by atoms with Crippen molar-refractivity contribution in [2.45, 2.75) is 6.54 Å². The molecule has 2 heterocycles. The van der Waals surface area contributed by atoms with E-state index in [-0.39, 0.29) is 5.91 Å². The highest BCUT2D eigenvalue weighted by Gasteiger charge is 2.34. The summed E-state index contributed by atoms with van der Waals surface area (Å²) in [6.07, 6.45) is 8.82. The number of thioether (sulfide) groups is 1. The second kappa shape index (κ2) is 9.71. The van der Waals surface area contributed by atoms with Crippen LogP contribution in [-0.2, 0) is 11.3 Å². The Labute approximate surface area is 179 Å². The van der Waals surface area contributed by atoms with Crippen molar-refractivity contribution in [2.24, 2.45) is 10.2 Å². The Balaban J connectivity index is 1.54. The van der Waals surface area contributed by atoms with Crippen molar-refractivity contribution in [3.8, 4) is 0 Å². The lowest BCUT2D eigenvalue weighted by Gasteiger charge is -2.12. The highest BCUT2D eigenvalue weighted by atomic mass is 32.2. The molecule has 30 heavy (non-hydrogen) atoms. The zero-order valence-corrected chi connectivity index (χ0v) is 16.9. The van der Waals surface area contributed by atoms with Gasteiger partial charge in [-0.15, -0.1) is 5.10 Å². The van der Waals surface area contributed by atoms with Crippen LogP contribution in [0.2, 0.25) is 0 Å². The number of furan rings is 1. The highest BCUT2D eigenvalue weighted by molar-refractivity contribution is 8.18. The van der Waals surface area contributed by atoms with E-state index >= 15 is 0 Å². The van der Waals surface area contributed by atoms with Crippen LogP contribution >= 0.6 is 11.8 Å². The molecular weight excluding hydrogens is 394 g/mol. The summed E-state index contributed by atoms with van der Waals surface area (Å²) in [5.74, 6) is 0.569. The average Bonchev–Trinajstić information content (AvgIpc) is 3.39. The van der Waals surface area contributed by atoms with Crippen LogP contribution in [0.1, 0.15) is 16.9 Å². The van der Waals surface area contributed by atoms with Crippen LogP contribution < -0.4 is 0 Å². The maximum absolute atomic E-state index is 13.0. The average molecular weight is 414 g/mol. The first kappa shape index (κ1) is 19.7. The second-order valence-corrected chi connectivity index (χ2v) is 7.42. The minimum absolute atomic E-state index is 0.117. The Morgan fingerprint density at radius 2 is 1.67 bits per heavy atom. The van der Waals surface area contributed by atoms with Gasteiger partial charge < -0.3 is 4.42 Å². The molecule has 0 spiro atoms. The molecular formula is C24H19N3O2S. The fourth-order valence-electron chi connectivity index (χ4n) is 2.82. The molecule has 2 aromatic carbocycles. The molecule has 5 nitrogen and oxygen atoms in total. The number of carbonyl (C=O) groups excluding carboxylic acids is 1. The zero-order chi connectivity index (χ0) is 20.6. The monoisotopic (exact) mass is 413 g/mol. The number of rotatable bonds is 6. The van der Waals surface area contributed by atoms with Crippen molar-refractivity contribution >= 4 is 41.2 Å². The molecule has 0 unspecified atom stereocenters. The third-order valence-corrected chi connectivity index (χ3v) is 5.26. The number of carbonyl (C=O) groups is 1. The normalized spacial score (nSPS) is 17.2. The SMILES string of the molecule is O=C1/C(=C/c2ccccc2)S/C(=N/N=C\C=C\c2ccccc2)N1Cc1ccco1. The highest BCUT2D eigenvalue weighted by Crippen LogP contribution is 2.33. The molecule has 0 atom stereocenters. The van der Waals surface area contributed by atoms with Crippen LogP contribution in [0.25, 0.3) is 12.2 Å². The summed E-state index contributed by atoms with van der Waals surface area (Å²) in [6.45, 7) is 0.305. The van der Waals surface area contributed by atoms with E-state index in [1.807, 2.05) is 85.0 Å². The van der Waals surface area contributed by atoms with Gasteiger partial charge in [-0.25, -0.2) is 0 Å². The van der Waals surface area contributed by atoms with Gasteiger partial charge in [-0.2, -0.15) is 5.10 Å². The van der Waals surface area contributed by atoms with Gasteiger partial charge in [-0.05, 0) is 47.2 Å². The molecule has 0 bridgehead atoms. The lowest BCUT2D eigenvalue weighted by atomic mass is 10.2. The van der Waals surface area contributed by atoms with E-state index in [1.54, 1.807) is 23.4 Å². The second-order valence-electron chi connectivity index (χ2n) is 6.41. The van der Waals surface area contributed by atoms with Gasteiger partial charge in [-0.3, -0.25) is 9.69 Å². The third kappa shape index (κ3) is 5.04. The zero-order valence-electron chi connectivity index (χ0n) is 16.1. The van der Waals surface area contributed by atoms with Crippen LogP contribution in [0.5, 0.6) is 0 Å². The Kier molecular flexibility index (Phi) is 6.37. The summed E-state index contributed by atoms with van der Waals surface area (Å²) >= 11 is 1.31. The molecule has 0 aliphatic carbocycles. The van der Waals surface area contributed by atoms with Crippen LogP contribution in [0.4, 0.5) is 0 Å². The molecule has 1 aliphatic rings. The van der Waals surface area contributed by atoms with Crippen molar-refractivity contribution in [2.75, 3.05) is 0 Å². The van der Waals surface area contributed by atoms with Gasteiger partial charge in [-0.1, -0.05) is 66.7 Å².